The van der Waals surface area contributed by atoms with E-state index in [-0.39, 0.29) is 5.56 Å². The highest BCUT2D eigenvalue weighted by Gasteiger charge is 2.26. The van der Waals surface area contributed by atoms with Gasteiger partial charge in [-0.3, -0.25) is 9.69 Å². The van der Waals surface area contributed by atoms with Crippen molar-refractivity contribution in [2.24, 2.45) is 0 Å². The lowest BCUT2D eigenvalue weighted by molar-refractivity contribution is 0.315. The number of nitrogens with one attached hydrogen (secondary N) is 1. The average Bonchev–Trinajstić information content (AvgIpc) is 3.03. The Hall–Kier alpha value is -2.34. The Bertz CT molecular complexity index is 772. The number of aromatic nitrogens is 2. The van der Waals surface area contributed by atoms with Crippen molar-refractivity contribution in [2.45, 2.75) is 25.8 Å². The van der Waals surface area contributed by atoms with Gasteiger partial charge in [-0.25, -0.2) is 4.98 Å². The number of hydrogen-bond acceptors (Lipinski definition) is 5. The summed E-state index contributed by atoms with van der Waals surface area (Å²) in [7, 11) is 3.32. The van der Waals surface area contributed by atoms with E-state index in [0.29, 0.717) is 11.7 Å². The van der Waals surface area contributed by atoms with Crippen LogP contribution >= 0.6 is 0 Å². The number of benzene rings is 1. The van der Waals surface area contributed by atoms with Gasteiger partial charge in [0, 0.05) is 36.7 Å². The molecule has 1 N–H and O–H groups in total. The first-order valence-electron chi connectivity index (χ1n) is 8.10. The van der Waals surface area contributed by atoms with Crippen LogP contribution in [0, 0.1) is 6.92 Å². The molecule has 0 saturated carbocycles. The number of H-pyrrole nitrogens is 1. The molecule has 128 valence electrons. The third-order valence-electron chi connectivity index (χ3n) is 4.46. The SMILES string of the molecule is COc1ccc(CN2CC[C@@H](c3cc(=O)[nH]c(C)n3)C2)c(OC)c1. The minimum atomic E-state index is -0.0761. The second-order valence-electron chi connectivity index (χ2n) is 6.15. The van der Waals surface area contributed by atoms with Crippen LogP contribution in [0.5, 0.6) is 11.5 Å². The lowest BCUT2D eigenvalue weighted by Crippen LogP contribution is -2.21. The number of aromatic amines is 1. The van der Waals surface area contributed by atoms with Crippen LogP contribution in [0.3, 0.4) is 0 Å². The van der Waals surface area contributed by atoms with Gasteiger partial charge in [0.1, 0.15) is 17.3 Å². The maximum absolute atomic E-state index is 11.6. The highest BCUT2D eigenvalue weighted by molar-refractivity contribution is 5.40. The van der Waals surface area contributed by atoms with Crippen LogP contribution < -0.4 is 15.0 Å². The van der Waals surface area contributed by atoms with E-state index in [1.54, 1.807) is 20.3 Å². The third-order valence-corrected chi connectivity index (χ3v) is 4.46. The molecular formula is C18H23N3O3. The van der Waals surface area contributed by atoms with Crippen molar-refractivity contribution in [3.63, 3.8) is 0 Å². The molecule has 2 aromatic rings. The molecule has 1 aromatic carbocycles. The summed E-state index contributed by atoms with van der Waals surface area (Å²) >= 11 is 0. The maximum atomic E-state index is 11.6. The molecule has 1 atom stereocenters. The Labute approximate surface area is 141 Å². The van der Waals surface area contributed by atoms with Crippen LogP contribution in [0.15, 0.2) is 29.1 Å². The molecular weight excluding hydrogens is 306 g/mol. The summed E-state index contributed by atoms with van der Waals surface area (Å²) in [5, 5.41) is 0. The Morgan fingerprint density at radius 2 is 2.12 bits per heavy atom. The first-order valence-corrected chi connectivity index (χ1v) is 8.10. The zero-order chi connectivity index (χ0) is 17.1. The van der Waals surface area contributed by atoms with Gasteiger partial charge in [-0.2, -0.15) is 0 Å². The first-order chi connectivity index (χ1) is 11.6. The topological polar surface area (TPSA) is 67.5 Å². The standard InChI is InChI=1S/C18H23N3O3/c1-12-19-16(9-18(22)20-12)13-6-7-21(10-13)11-14-4-5-15(23-2)8-17(14)24-3/h4-5,8-9,13H,6-7,10-11H2,1-3H3,(H,19,20,22)/t13-/m1/s1. The summed E-state index contributed by atoms with van der Waals surface area (Å²) in [6.45, 7) is 4.50. The Morgan fingerprint density at radius 3 is 2.83 bits per heavy atom. The molecule has 0 aliphatic carbocycles. The molecule has 0 bridgehead atoms. The van der Waals surface area contributed by atoms with Crippen LogP contribution in [0.25, 0.3) is 0 Å². The number of nitrogens with zero attached hydrogens (tertiary/aromatic N) is 2. The van der Waals surface area contributed by atoms with Gasteiger partial charge in [-0.1, -0.05) is 6.07 Å². The highest BCUT2D eigenvalue weighted by Crippen LogP contribution is 2.30. The summed E-state index contributed by atoms with van der Waals surface area (Å²) in [5.74, 6) is 2.60. The zero-order valence-electron chi connectivity index (χ0n) is 14.3. The summed E-state index contributed by atoms with van der Waals surface area (Å²) < 4.78 is 10.7. The molecule has 0 radical (unpaired) electrons. The van der Waals surface area contributed by atoms with Crippen LogP contribution in [-0.2, 0) is 6.54 Å². The second kappa shape index (κ2) is 7.05. The van der Waals surface area contributed by atoms with Crippen LogP contribution in [-0.4, -0.2) is 42.2 Å². The van der Waals surface area contributed by atoms with Crippen LogP contribution in [0.4, 0.5) is 0 Å². The third kappa shape index (κ3) is 3.59. The normalized spacial score (nSPS) is 17.9. The van der Waals surface area contributed by atoms with Crippen molar-refractivity contribution in [2.75, 3.05) is 27.3 Å². The fourth-order valence-corrected chi connectivity index (χ4v) is 3.25. The number of methoxy groups -OCH3 is 2. The number of aryl methyl sites for hydroxylation is 1. The summed E-state index contributed by atoms with van der Waals surface area (Å²) in [5.41, 5.74) is 1.95. The van der Waals surface area contributed by atoms with Gasteiger partial charge in [0.15, 0.2) is 0 Å². The van der Waals surface area contributed by atoms with Gasteiger partial charge >= 0.3 is 0 Å². The van der Waals surface area contributed by atoms with Crippen molar-refractivity contribution in [3.05, 3.63) is 51.7 Å². The molecule has 2 heterocycles. The van der Waals surface area contributed by atoms with Gasteiger partial charge in [0.05, 0.1) is 19.9 Å². The molecule has 1 aliphatic rings. The average molecular weight is 329 g/mol. The summed E-state index contributed by atoms with van der Waals surface area (Å²) in [6, 6.07) is 7.52. The van der Waals surface area contributed by atoms with E-state index >= 15 is 0 Å². The highest BCUT2D eigenvalue weighted by atomic mass is 16.5. The second-order valence-corrected chi connectivity index (χ2v) is 6.15. The summed E-state index contributed by atoms with van der Waals surface area (Å²) in [4.78, 5) is 21.2. The fraction of sp³-hybridized carbons (Fsp3) is 0.444. The van der Waals surface area contributed by atoms with Crippen molar-refractivity contribution in [3.8, 4) is 11.5 Å². The Morgan fingerprint density at radius 1 is 1.29 bits per heavy atom. The van der Waals surface area contributed by atoms with E-state index < -0.39 is 0 Å². The monoisotopic (exact) mass is 329 g/mol. The van der Waals surface area contributed by atoms with E-state index in [9.17, 15) is 4.79 Å². The van der Waals surface area contributed by atoms with Crippen molar-refractivity contribution in [1.82, 2.24) is 14.9 Å². The van der Waals surface area contributed by atoms with Gasteiger partial charge in [-0.05, 0) is 26.0 Å². The molecule has 24 heavy (non-hydrogen) atoms. The van der Waals surface area contributed by atoms with Crippen LogP contribution in [0.2, 0.25) is 0 Å². The van der Waals surface area contributed by atoms with E-state index in [0.717, 1.165) is 48.8 Å². The largest absolute Gasteiger partial charge is 0.497 e. The quantitative estimate of drug-likeness (QED) is 0.910. The number of ether oxygens (including phenoxy) is 2. The number of likely N-dealkylation sites (tertiary alicyclic amines) is 1. The van der Waals surface area contributed by atoms with Gasteiger partial charge in [0.2, 0.25) is 0 Å². The molecule has 3 rings (SSSR count). The lowest BCUT2D eigenvalue weighted by Gasteiger charge is -2.18. The predicted molar refractivity (Wildman–Crippen MR) is 91.8 cm³/mol. The van der Waals surface area contributed by atoms with E-state index in [4.69, 9.17) is 9.47 Å². The summed E-state index contributed by atoms with van der Waals surface area (Å²) in [6.07, 6.45) is 1.01. The number of hydrogen-bond donors (Lipinski definition) is 1. The molecule has 1 saturated heterocycles. The zero-order valence-corrected chi connectivity index (χ0v) is 14.3. The first kappa shape index (κ1) is 16.5. The maximum Gasteiger partial charge on any atom is 0.251 e. The fourth-order valence-electron chi connectivity index (χ4n) is 3.25. The molecule has 0 spiro atoms. The van der Waals surface area contributed by atoms with Crippen molar-refractivity contribution >= 4 is 0 Å². The molecule has 0 amide bonds. The Kier molecular flexibility index (Phi) is 4.85. The minimum absolute atomic E-state index is 0.0761. The predicted octanol–water partition coefficient (Wildman–Crippen LogP) is 2.09. The lowest BCUT2D eigenvalue weighted by atomic mass is 10.0. The molecule has 1 fully saturated rings. The van der Waals surface area contributed by atoms with Crippen molar-refractivity contribution in [1.29, 1.82) is 0 Å². The molecule has 1 aromatic heterocycles. The van der Waals surface area contributed by atoms with Crippen LogP contribution in [0.1, 0.15) is 29.4 Å². The van der Waals surface area contributed by atoms with Crippen molar-refractivity contribution < 1.29 is 9.47 Å². The number of rotatable bonds is 5. The van der Waals surface area contributed by atoms with E-state index in [1.165, 1.54) is 0 Å². The molecule has 6 nitrogen and oxygen atoms in total. The minimum Gasteiger partial charge on any atom is -0.497 e. The molecule has 0 unspecified atom stereocenters. The molecule has 6 heteroatoms. The van der Waals surface area contributed by atoms with Gasteiger partial charge < -0.3 is 14.5 Å². The van der Waals surface area contributed by atoms with Gasteiger partial charge in [0.25, 0.3) is 5.56 Å². The van der Waals surface area contributed by atoms with E-state index in [1.807, 2.05) is 25.1 Å². The van der Waals surface area contributed by atoms with Gasteiger partial charge in [-0.15, -0.1) is 0 Å². The smallest absolute Gasteiger partial charge is 0.251 e. The molecule has 1 aliphatic heterocycles. The van der Waals surface area contributed by atoms with E-state index in [2.05, 4.69) is 14.9 Å². The Balaban J connectivity index is 1.71.